The Morgan fingerprint density at radius 3 is 1.08 bits per heavy atom. The zero-order chi connectivity index (χ0) is 91.2. The maximum Gasteiger partial charge on any atom is 0.433 e. The Hall–Kier alpha value is -12.4. The Kier molecular flexibility index (Phi) is 25.3. The topological polar surface area (TPSA) is 210 Å². The molecule has 0 bridgehead atoms. The lowest BCUT2D eigenvalue weighted by molar-refractivity contribution is -0.376. The molecule has 7 N–H and O–H groups in total. The maximum absolute atomic E-state index is 13.2. The smallest absolute Gasteiger partial charge is 0.369 e. The van der Waals surface area contributed by atoms with Crippen LogP contribution in [0, 0.1) is 6.92 Å². The van der Waals surface area contributed by atoms with Crippen LogP contribution in [0.15, 0.2) is 222 Å². The second-order valence-electron chi connectivity index (χ2n) is 31.0. The molecule has 37 heteroatoms. The number of H-pyrrole nitrogens is 4. The minimum absolute atomic E-state index is 0.115. The minimum atomic E-state index is -5.97. The molecule has 126 heavy (non-hydrogen) atoms. The van der Waals surface area contributed by atoms with E-state index in [1.54, 1.807) is 35.2 Å². The van der Waals surface area contributed by atoms with Crippen molar-refractivity contribution in [2.24, 2.45) is 0 Å². The quantitative estimate of drug-likeness (QED) is 0.0451. The van der Waals surface area contributed by atoms with Crippen molar-refractivity contribution in [1.82, 2.24) is 35.3 Å². The van der Waals surface area contributed by atoms with Gasteiger partial charge in [-0.05, 0) is 166 Å². The first-order valence-corrected chi connectivity index (χ1v) is 38.9. The van der Waals surface area contributed by atoms with Gasteiger partial charge >= 0.3 is 48.9 Å². The Bertz CT molecular complexity index is 5920. The summed E-state index contributed by atoms with van der Waals surface area (Å²) in [5, 5.41) is 40.9. The number of aliphatic hydroxyl groups is 3. The summed E-state index contributed by atoms with van der Waals surface area (Å²) >= 11 is 0. The summed E-state index contributed by atoms with van der Waals surface area (Å²) in [7, 11) is 0. The van der Waals surface area contributed by atoms with Gasteiger partial charge in [-0.25, -0.2) is 4.79 Å². The maximum atomic E-state index is 13.2. The third-order valence-corrected chi connectivity index (χ3v) is 22.4. The molecule has 0 fully saturated rings. The molecule has 4 aromatic heterocycles. The van der Waals surface area contributed by atoms with Crippen molar-refractivity contribution >= 4 is 22.7 Å². The third-order valence-electron chi connectivity index (χ3n) is 22.4. The summed E-state index contributed by atoms with van der Waals surface area (Å²) in [5.74, 6) is 0.591. The van der Waals surface area contributed by atoms with Gasteiger partial charge in [-0.3, -0.25) is 25.0 Å². The number of aromatic amines is 4. The van der Waals surface area contributed by atoms with Crippen LogP contribution in [0.5, 0.6) is 0 Å². The predicted octanol–water partition coefficient (Wildman–Crippen LogP) is 20.3. The summed E-state index contributed by atoms with van der Waals surface area (Å²) < 4.78 is 275. The Morgan fingerprint density at radius 1 is 0.389 bits per heavy atom. The van der Waals surface area contributed by atoms with E-state index < -0.39 is 93.7 Å². The van der Waals surface area contributed by atoms with Crippen LogP contribution < -0.4 is 30.8 Å². The van der Waals surface area contributed by atoms with E-state index in [0.29, 0.717) is 115 Å². The number of halogens is 21. The number of nitrogens with one attached hydrogen (secondary N) is 4. The largest absolute Gasteiger partial charge is 0.433 e. The second kappa shape index (κ2) is 34.9. The minimum Gasteiger partial charge on any atom is -0.369 e. The molecule has 16 rings (SSSR count). The van der Waals surface area contributed by atoms with Gasteiger partial charge in [-0.1, -0.05) is 141 Å². The van der Waals surface area contributed by atoms with Gasteiger partial charge in [-0.2, -0.15) is 102 Å². The zero-order valence-corrected chi connectivity index (χ0v) is 66.5. The molecule has 16 nitrogen and oxygen atoms in total. The monoisotopic (exact) mass is 1780 g/mol. The van der Waals surface area contributed by atoms with Gasteiger partial charge in [0.25, 0.3) is 22.4 Å². The number of fused-ring (bicyclic) bond motifs is 4. The molecule has 0 unspecified atom stereocenters. The molecule has 8 heterocycles. The Labute approximate surface area is 703 Å². The van der Waals surface area contributed by atoms with E-state index >= 15 is 0 Å². The van der Waals surface area contributed by atoms with Crippen LogP contribution in [0.1, 0.15) is 97.9 Å². The number of nitrogens with zero attached hydrogens (tertiary/aromatic N) is 7. The van der Waals surface area contributed by atoms with Crippen molar-refractivity contribution in [2.45, 2.75) is 139 Å². The Morgan fingerprint density at radius 2 is 0.738 bits per heavy atom. The van der Waals surface area contributed by atoms with E-state index in [2.05, 4.69) is 91.5 Å². The van der Waals surface area contributed by atoms with Crippen molar-refractivity contribution in [3.8, 4) is 44.6 Å². The number of pyridine rings is 1. The van der Waals surface area contributed by atoms with Crippen molar-refractivity contribution < 1.29 is 108 Å². The SMILES string of the molecule is CC(C)c1ccc(CN2CCc3cc(-c4cn[nH]c4)ccc32)cc1.Cc1cccc(-c2ccc3c(c2)CCN3Cc2ccc(C(O)(C(F)(F)F)C(F)(F)F)cc2)n1.O=c1[nH]cc(-c2ccc3c(c2)CCN3Cc2ccc(C(O)(C(F)(F)F)C(F)(F)F)cc2)c(=O)[nH]1.OC(c1ccc(CN2CCc3cc(-c4cn[nH]c4C(F)(F)F)ccc32)cc1)(C(F)(F)F)C(F)(F)F. The van der Waals surface area contributed by atoms with Crippen LogP contribution in [-0.4, -0.2) is 114 Å². The molecule has 12 aromatic rings. The molecule has 0 saturated carbocycles. The van der Waals surface area contributed by atoms with E-state index in [1.807, 2.05) is 70.6 Å². The van der Waals surface area contributed by atoms with Crippen molar-refractivity contribution in [1.29, 1.82) is 0 Å². The first-order chi connectivity index (χ1) is 59.0. The number of benzene rings is 8. The van der Waals surface area contributed by atoms with Crippen LogP contribution in [0.3, 0.4) is 0 Å². The molecule has 0 radical (unpaired) electrons. The summed E-state index contributed by atoms with van der Waals surface area (Å²) in [6.45, 7) is 10.8. The summed E-state index contributed by atoms with van der Waals surface area (Å²) in [6, 6.07) is 47.9. The number of hydrogen-bond acceptors (Lipinski definition) is 12. The molecule has 4 aliphatic rings. The van der Waals surface area contributed by atoms with Gasteiger partial charge in [0, 0.05) is 127 Å². The van der Waals surface area contributed by atoms with Crippen LogP contribution >= 0.6 is 0 Å². The number of alkyl halides is 21. The average Bonchev–Trinajstić information content (AvgIpc) is 0.958. The fourth-order valence-corrected chi connectivity index (χ4v) is 15.6. The Balaban J connectivity index is 0.000000145. The highest BCUT2D eigenvalue weighted by Crippen LogP contribution is 2.54. The van der Waals surface area contributed by atoms with Crippen molar-refractivity contribution in [2.75, 3.05) is 45.8 Å². The van der Waals surface area contributed by atoms with E-state index in [1.165, 1.54) is 52.3 Å². The van der Waals surface area contributed by atoms with Gasteiger partial charge in [0.2, 0.25) is 0 Å². The number of aromatic nitrogens is 7. The molecular formula is C89H76F21N11O5. The van der Waals surface area contributed by atoms with Crippen LogP contribution in [0.25, 0.3) is 44.6 Å². The van der Waals surface area contributed by atoms with Gasteiger partial charge in [-0.15, -0.1) is 0 Å². The first kappa shape index (κ1) is 91.3. The third kappa shape index (κ3) is 18.8. The fraction of sp³-hybridized carbons (Fsp3) is 0.292. The number of aryl methyl sites for hydroxylation is 1. The van der Waals surface area contributed by atoms with Crippen LogP contribution in [-0.2, 0) is 74.8 Å². The molecule has 0 aliphatic carbocycles. The highest BCUT2D eigenvalue weighted by atomic mass is 19.4. The molecule has 0 amide bonds. The lowest BCUT2D eigenvalue weighted by atomic mass is 9.91. The van der Waals surface area contributed by atoms with Crippen LogP contribution in [0.4, 0.5) is 115 Å². The first-order valence-electron chi connectivity index (χ1n) is 38.9. The van der Waals surface area contributed by atoms with Crippen LogP contribution in [0.2, 0.25) is 0 Å². The van der Waals surface area contributed by atoms with E-state index in [-0.39, 0.29) is 24.2 Å². The van der Waals surface area contributed by atoms with Gasteiger partial charge < -0.3 is 39.9 Å². The predicted molar refractivity (Wildman–Crippen MR) is 427 cm³/mol. The molecule has 664 valence electrons. The molecule has 0 spiro atoms. The number of rotatable bonds is 16. The van der Waals surface area contributed by atoms with E-state index in [0.717, 1.165) is 107 Å². The van der Waals surface area contributed by atoms with Crippen molar-refractivity contribution in [3.05, 3.63) is 312 Å². The fourth-order valence-electron chi connectivity index (χ4n) is 15.6. The normalized spacial score (nSPS) is 14.4. The molecular weight excluding hydrogens is 1700 g/mol. The van der Waals surface area contributed by atoms with Gasteiger partial charge in [0.15, 0.2) is 0 Å². The number of anilines is 4. The standard InChI is InChI=1S/C24H20F6N2O.C22H16F9N3O.C22H17F6N3O3.C21H23N3/c1-15-3-2-4-20(31-15)17-7-10-21-18(13-17)11-12-32(21)14-16-5-8-19(9-6-16)22(33,23(25,26)27)24(28,29)30;23-20(24,25)18-16(10-32-33-18)13-3-6-17-14(9-13)7-8-34(17)11-12-1-4-15(5-2-12)19(35,21(26,27)28)22(29,30)31;23-21(24,25)20(34,22(26,27)28)15-4-1-12(2-5-15)11-31-8-7-14-9-13(3-6-17(14)31)16-10-29-19(33)30-18(16)32;1-15(2)17-5-3-16(4-6-17)14-24-10-9-19-11-18(7-8-21(19)24)20-12-22-23-13-20/h2-10,13,33H,11-12,14H2,1H3;1-6,9-10,35H,7-8,11H2,(H,32,33);1-6,9-10,34H,7-8,11H2,(H2,29,30,32,33);3-8,11-13,15H,9-10,14H2,1-2H3,(H,22,23). The lowest BCUT2D eigenvalue weighted by Gasteiger charge is -2.32. The molecule has 0 saturated heterocycles. The number of hydrogen-bond donors (Lipinski definition) is 7. The molecule has 0 atom stereocenters. The summed E-state index contributed by atoms with van der Waals surface area (Å²) in [6.07, 6.45) is -31.1. The van der Waals surface area contributed by atoms with Gasteiger partial charge in [0.05, 0.1) is 23.7 Å². The summed E-state index contributed by atoms with van der Waals surface area (Å²) in [5.41, 5.74) is -2.68. The lowest BCUT2D eigenvalue weighted by Crippen LogP contribution is -2.53. The summed E-state index contributed by atoms with van der Waals surface area (Å²) in [4.78, 5) is 40.5. The van der Waals surface area contributed by atoms with E-state index in [4.69, 9.17) is 0 Å². The zero-order valence-electron chi connectivity index (χ0n) is 66.5. The molecule has 4 aliphatic heterocycles. The average molecular weight is 1780 g/mol. The highest BCUT2D eigenvalue weighted by molar-refractivity contribution is 5.74. The highest BCUT2D eigenvalue weighted by Gasteiger charge is 2.73. The van der Waals surface area contributed by atoms with E-state index in [9.17, 15) is 117 Å². The van der Waals surface area contributed by atoms with Crippen molar-refractivity contribution in [3.63, 3.8) is 0 Å². The second-order valence-corrected chi connectivity index (χ2v) is 31.0. The van der Waals surface area contributed by atoms with Gasteiger partial charge in [0.1, 0.15) is 5.69 Å². The molecule has 8 aromatic carbocycles.